The summed E-state index contributed by atoms with van der Waals surface area (Å²) < 4.78 is 5.81. The topological polar surface area (TPSA) is 103 Å². The first kappa shape index (κ1) is 23.7. The van der Waals surface area contributed by atoms with E-state index in [1.54, 1.807) is 0 Å². The number of fused-ring (bicyclic) bond motifs is 1. The predicted molar refractivity (Wildman–Crippen MR) is 116 cm³/mol. The van der Waals surface area contributed by atoms with Crippen LogP contribution in [0.5, 0.6) is 5.75 Å². The number of hydrogen-bond donors (Lipinski definition) is 3. The molecule has 0 aromatic heterocycles. The summed E-state index contributed by atoms with van der Waals surface area (Å²) in [5.74, 6) is 1.26. The standard InChI is InChI=1S/C19H24N4O3.C4H10/c20-10-15(8-14-5-3-7-22-19(14)25)23-18(24)12-21-11-16-9-13-4-1-2-6-17(13)26-16;1-4(2)3/h1-2,4,6,14-16,21H,3,5,7-9,11-12H2,(H,22,25)(H,23,24);4H,1-3H3/t14-,15?,16?;/m0./s1. The zero-order valence-corrected chi connectivity index (χ0v) is 18.2. The van der Waals surface area contributed by atoms with Gasteiger partial charge in [-0.3, -0.25) is 9.59 Å². The summed E-state index contributed by atoms with van der Waals surface area (Å²) in [5, 5.41) is 17.8. The number of piperidine rings is 1. The Morgan fingerprint density at radius 3 is 2.73 bits per heavy atom. The molecule has 0 spiro atoms. The Kier molecular flexibility index (Phi) is 9.62. The Morgan fingerprint density at radius 1 is 1.33 bits per heavy atom. The number of benzene rings is 1. The summed E-state index contributed by atoms with van der Waals surface area (Å²) in [4.78, 5) is 23.8. The molecule has 2 aliphatic rings. The van der Waals surface area contributed by atoms with Gasteiger partial charge in [0.2, 0.25) is 11.8 Å². The number of rotatable bonds is 7. The zero-order valence-electron chi connectivity index (χ0n) is 18.2. The Morgan fingerprint density at radius 2 is 2.07 bits per heavy atom. The highest BCUT2D eigenvalue weighted by molar-refractivity contribution is 5.80. The highest BCUT2D eigenvalue weighted by Crippen LogP contribution is 2.27. The van der Waals surface area contributed by atoms with E-state index in [1.165, 1.54) is 5.56 Å². The number of nitriles is 1. The van der Waals surface area contributed by atoms with E-state index < -0.39 is 6.04 Å². The summed E-state index contributed by atoms with van der Waals surface area (Å²) in [6.45, 7) is 7.87. The molecule has 7 nitrogen and oxygen atoms in total. The smallest absolute Gasteiger partial charge is 0.234 e. The minimum Gasteiger partial charge on any atom is -0.488 e. The maximum Gasteiger partial charge on any atom is 0.234 e. The van der Waals surface area contributed by atoms with Crippen LogP contribution in [0.3, 0.4) is 0 Å². The van der Waals surface area contributed by atoms with Gasteiger partial charge in [-0.1, -0.05) is 39.0 Å². The lowest BCUT2D eigenvalue weighted by Crippen LogP contribution is -2.45. The minimum absolute atomic E-state index is 0.0119. The maximum absolute atomic E-state index is 12.1. The SMILES string of the molecule is CC(C)C.N#CC(C[C@@H]1CCCNC1=O)NC(=O)CNCC1Cc2ccccc2O1. The average Bonchev–Trinajstić information content (AvgIpc) is 3.11. The molecule has 2 aliphatic heterocycles. The molecule has 0 bridgehead atoms. The number of ether oxygens (including phenoxy) is 1. The van der Waals surface area contributed by atoms with Crippen LogP contribution in [0.2, 0.25) is 0 Å². The van der Waals surface area contributed by atoms with Gasteiger partial charge in [0.25, 0.3) is 0 Å². The van der Waals surface area contributed by atoms with Gasteiger partial charge in [-0.15, -0.1) is 0 Å². The number of para-hydroxylation sites is 1. The molecule has 3 N–H and O–H groups in total. The lowest BCUT2D eigenvalue weighted by molar-refractivity contribution is -0.127. The Hall–Kier alpha value is -2.59. The molecule has 3 rings (SSSR count). The van der Waals surface area contributed by atoms with E-state index in [1.807, 2.05) is 24.3 Å². The molecule has 2 unspecified atom stereocenters. The predicted octanol–water partition coefficient (Wildman–Crippen LogP) is 2.17. The van der Waals surface area contributed by atoms with Crippen molar-refractivity contribution in [1.82, 2.24) is 16.0 Å². The second-order valence-electron chi connectivity index (χ2n) is 8.53. The monoisotopic (exact) mass is 414 g/mol. The van der Waals surface area contributed by atoms with E-state index in [2.05, 4.69) is 42.8 Å². The molecule has 0 aliphatic carbocycles. The lowest BCUT2D eigenvalue weighted by Gasteiger charge is -2.24. The van der Waals surface area contributed by atoms with Gasteiger partial charge in [-0.25, -0.2) is 0 Å². The summed E-state index contributed by atoms with van der Waals surface area (Å²) >= 11 is 0. The normalized spacial score (nSPS) is 20.7. The average molecular weight is 415 g/mol. The van der Waals surface area contributed by atoms with E-state index in [0.29, 0.717) is 19.5 Å². The van der Waals surface area contributed by atoms with Crippen LogP contribution in [-0.2, 0) is 16.0 Å². The van der Waals surface area contributed by atoms with Crippen LogP contribution in [0.1, 0.15) is 45.6 Å². The highest BCUT2D eigenvalue weighted by Gasteiger charge is 2.26. The fourth-order valence-corrected chi connectivity index (χ4v) is 3.45. The quantitative estimate of drug-likeness (QED) is 0.634. The molecule has 30 heavy (non-hydrogen) atoms. The van der Waals surface area contributed by atoms with E-state index in [-0.39, 0.29) is 30.4 Å². The zero-order chi connectivity index (χ0) is 21.9. The van der Waals surface area contributed by atoms with Crippen molar-refractivity contribution in [2.75, 3.05) is 19.6 Å². The van der Waals surface area contributed by atoms with Crippen molar-refractivity contribution in [3.05, 3.63) is 29.8 Å². The van der Waals surface area contributed by atoms with Gasteiger partial charge in [0.05, 0.1) is 12.6 Å². The Balaban J connectivity index is 0.000000735. The number of carbonyl (C=O) groups is 2. The van der Waals surface area contributed by atoms with E-state index in [4.69, 9.17) is 4.74 Å². The van der Waals surface area contributed by atoms with Crippen molar-refractivity contribution >= 4 is 11.8 Å². The molecule has 1 saturated heterocycles. The number of amides is 2. The molecule has 1 fully saturated rings. The first-order chi connectivity index (χ1) is 14.4. The van der Waals surface area contributed by atoms with Crippen LogP contribution in [0, 0.1) is 23.2 Å². The molecule has 3 atom stereocenters. The third-order valence-electron chi connectivity index (χ3n) is 4.78. The second-order valence-corrected chi connectivity index (χ2v) is 8.53. The molecule has 7 heteroatoms. The van der Waals surface area contributed by atoms with Crippen molar-refractivity contribution in [3.8, 4) is 11.8 Å². The molecule has 0 radical (unpaired) electrons. The molecule has 164 valence electrons. The summed E-state index contributed by atoms with van der Waals surface area (Å²) in [6, 6.07) is 9.35. The number of nitrogens with zero attached hydrogens (tertiary/aromatic N) is 1. The summed E-state index contributed by atoms with van der Waals surface area (Å²) in [5.41, 5.74) is 1.18. The highest BCUT2D eigenvalue weighted by atomic mass is 16.5. The van der Waals surface area contributed by atoms with Gasteiger partial charge in [0.15, 0.2) is 0 Å². The number of nitrogens with one attached hydrogen (secondary N) is 3. The van der Waals surface area contributed by atoms with Crippen LogP contribution in [0.4, 0.5) is 0 Å². The number of carbonyl (C=O) groups excluding carboxylic acids is 2. The molecule has 1 aromatic rings. The van der Waals surface area contributed by atoms with Crippen molar-refractivity contribution in [3.63, 3.8) is 0 Å². The Labute approximate surface area is 179 Å². The third-order valence-corrected chi connectivity index (χ3v) is 4.78. The van der Waals surface area contributed by atoms with E-state index in [9.17, 15) is 14.9 Å². The fraction of sp³-hybridized carbons (Fsp3) is 0.609. The van der Waals surface area contributed by atoms with Crippen molar-refractivity contribution in [2.24, 2.45) is 11.8 Å². The summed E-state index contributed by atoms with van der Waals surface area (Å²) in [6.07, 6.45) is 2.86. The molecule has 2 heterocycles. The minimum atomic E-state index is -0.648. The van der Waals surface area contributed by atoms with Crippen LogP contribution in [-0.4, -0.2) is 43.6 Å². The maximum atomic E-state index is 12.1. The van der Waals surface area contributed by atoms with Crippen molar-refractivity contribution in [1.29, 1.82) is 5.26 Å². The molecule has 2 amide bonds. The first-order valence-electron chi connectivity index (χ1n) is 10.8. The molecular weight excluding hydrogens is 380 g/mol. The van der Waals surface area contributed by atoms with Gasteiger partial charge in [-0.05, 0) is 36.8 Å². The first-order valence-corrected chi connectivity index (χ1v) is 10.8. The third kappa shape index (κ3) is 8.03. The summed E-state index contributed by atoms with van der Waals surface area (Å²) in [7, 11) is 0. The van der Waals surface area contributed by atoms with Crippen LogP contribution in [0.25, 0.3) is 0 Å². The fourth-order valence-electron chi connectivity index (χ4n) is 3.45. The molecule has 0 saturated carbocycles. The molecular formula is C23H34N4O3. The van der Waals surface area contributed by atoms with Crippen LogP contribution >= 0.6 is 0 Å². The number of hydrogen-bond acceptors (Lipinski definition) is 5. The van der Waals surface area contributed by atoms with E-state index >= 15 is 0 Å². The van der Waals surface area contributed by atoms with Gasteiger partial charge >= 0.3 is 0 Å². The Bertz CT molecular complexity index is 716. The van der Waals surface area contributed by atoms with Gasteiger partial charge in [0.1, 0.15) is 17.9 Å². The second kappa shape index (κ2) is 12.2. The van der Waals surface area contributed by atoms with Crippen molar-refractivity contribution < 1.29 is 14.3 Å². The van der Waals surface area contributed by atoms with Gasteiger partial charge < -0.3 is 20.7 Å². The van der Waals surface area contributed by atoms with Crippen LogP contribution < -0.4 is 20.7 Å². The molecule has 1 aromatic carbocycles. The van der Waals surface area contributed by atoms with Gasteiger partial charge in [0, 0.05) is 25.4 Å². The van der Waals surface area contributed by atoms with Crippen LogP contribution in [0.15, 0.2) is 24.3 Å². The lowest BCUT2D eigenvalue weighted by atomic mass is 9.92. The van der Waals surface area contributed by atoms with Crippen molar-refractivity contribution in [2.45, 2.75) is 58.6 Å². The van der Waals surface area contributed by atoms with Gasteiger partial charge in [-0.2, -0.15) is 5.26 Å². The largest absolute Gasteiger partial charge is 0.488 e. The van der Waals surface area contributed by atoms with E-state index in [0.717, 1.165) is 30.9 Å².